The van der Waals surface area contributed by atoms with Gasteiger partial charge in [-0.15, -0.1) is 0 Å². The second kappa shape index (κ2) is 5.13. The molecule has 12 heavy (non-hydrogen) atoms. The Morgan fingerprint density at radius 3 is 2.67 bits per heavy atom. The third-order valence-corrected chi connectivity index (χ3v) is 4.34. The summed E-state index contributed by atoms with van der Waals surface area (Å²) in [5.41, 5.74) is 5.63. The van der Waals surface area contributed by atoms with Crippen molar-refractivity contribution in [2.24, 2.45) is 17.6 Å². The summed E-state index contributed by atoms with van der Waals surface area (Å²) in [5, 5.41) is 0.911. The highest BCUT2D eigenvalue weighted by atomic mass is 32.2. The van der Waals surface area contributed by atoms with E-state index in [9.17, 15) is 0 Å². The smallest absolute Gasteiger partial charge is 0.00785 e. The monoisotopic (exact) mass is 187 g/mol. The van der Waals surface area contributed by atoms with Crippen LogP contribution >= 0.6 is 11.8 Å². The molecular weight excluding hydrogens is 166 g/mol. The second-order valence-electron chi connectivity index (χ2n) is 4.04. The van der Waals surface area contributed by atoms with Gasteiger partial charge >= 0.3 is 0 Å². The van der Waals surface area contributed by atoms with Gasteiger partial charge < -0.3 is 5.73 Å². The molecule has 0 aromatic rings. The molecule has 2 unspecified atom stereocenters. The van der Waals surface area contributed by atoms with Crippen molar-refractivity contribution in [2.45, 2.75) is 38.4 Å². The van der Waals surface area contributed by atoms with Crippen LogP contribution < -0.4 is 5.73 Å². The Labute approximate surface area is 80.5 Å². The summed E-state index contributed by atoms with van der Waals surface area (Å²) < 4.78 is 0. The predicted octanol–water partition coefficient (Wildman–Crippen LogP) is 2.50. The van der Waals surface area contributed by atoms with E-state index in [0.717, 1.165) is 23.6 Å². The van der Waals surface area contributed by atoms with Crippen molar-refractivity contribution in [1.82, 2.24) is 0 Å². The molecule has 1 rings (SSSR count). The fraction of sp³-hybridized carbons (Fsp3) is 1.00. The van der Waals surface area contributed by atoms with Crippen molar-refractivity contribution in [1.29, 1.82) is 0 Å². The number of rotatable bonds is 4. The molecule has 1 fully saturated rings. The summed E-state index contributed by atoms with van der Waals surface area (Å²) in [4.78, 5) is 0. The quantitative estimate of drug-likeness (QED) is 0.732. The molecule has 0 amide bonds. The van der Waals surface area contributed by atoms with Crippen LogP contribution in [-0.4, -0.2) is 17.5 Å². The second-order valence-corrected chi connectivity index (χ2v) is 5.38. The molecular formula is C10H21NS. The normalized spacial score (nSPS) is 26.5. The molecule has 0 bridgehead atoms. The molecule has 72 valence electrons. The summed E-state index contributed by atoms with van der Waals surface area (Å²) in [7, 11) is 0. The lowest BCUT2D eigenvalue weighted by atomic mass is 9.87. The average molecular weight is 187 g/mol. The van der Waals surface area contributed by atoms with Gasteiger partial charge in [0, 0.05) is 5.25 Å². The van der Waals surface area contributed by atoms with Crippen molar-refractivity contribution in [3.8, 4) is 0 Å². The molecule has 2 atom stereocenters. The maximum Gasteiger partial charge on any atom is 0.00785 e. The molecule has 1 nitrogen and oxygen atoms in total. The Morgan fingerprint density at radius 2 is 2.25 bits per heavy atom. The Balaban J connectivity index is 2.40. The molecule has 0 radical (unpaired) electrons. The van der Waals surface area contributed by atoms with E-state index in [-0.39, 0.29) is 0 Å². The SMILES string of the molecule is CC(C)C(CCN)C1CCCS1. The zero-order chi connectivity index (χ0) is 8.97. The lowest BCUT2D eigenvalue weighted by Gasteiger charge is -2.25. The zero-order valence-corrected chi connectivity index (χ0v) is 9.07. The highest BCUT2D eigenvalue weighted by molar-refractivity contribution is 8.00. The standard InChI is InChI=1S/C10H21NS/c1-8(2)9(5-6-11)10-4-3-7-12-10/h8-10H,3-7,11H2,1-2H3. The molecule has 1 aliphatic heterocycles. The predicted molar refractivity (Wildman–Crippen MR) is 57.5 cm³/mol. The highest BCUT2D eigenvalue weighted by Crippen LogP contribution is 2.36. The average Bonchev–Trinajstić information content (AvgIpc) is 2.51. The van der Waals surface area contributed by atoms with Crippen LogP contribution in [-0.2, 0) is 0 Å². The Hall–Kier alpha value is 0.310. The third kappa shape index (κ3) is 2.67. The maximum absolute atomic E-state index is 5.63. The summed E-state index contributed by atoms with van der Waals surface area (Å²) in [6.07, 6.45) is 4.06. The molecule has 1 saturated heterocycles. The minimum atomic E-state index is 0.809. The molecule has 1 aliphatic rings. The van der Waals surface area contributed by atoms with E-state index >= 15 is 0 Å². The largest absolute Gasteiger partial charge is 0.330 e. The van der Waals surface area contributed by atoms with E-state index in [0.29, 0.717) is 0 Å². The fourth-order valence-corrected chi connectivity index (χ4v) is 3.75. The van der Waals surface area contributed by atoms with Crippen LogP contribution in [0.1, 0.15) is 33.1 Å². The van der Waals surface area contributed by atoms with Crippen LogP contribution in [0.5, 0.6) is 0 Å². The molecule has 0 saturated carbocycles. The van der Waals surface area contributed by atoms with Gasteiger partial charge in [-0.05, 0) is 43.4 Å². The van der Waals surface area contributed by atoms with Gasteiger partial charge in [0.1, 0.15) is 0 Å². The molecule has 1 heterocycles. The molecule has 0 aromatic heterocycles. The fourth-order valence-electron chi connectivity index (χ4n) is 2.08. The highest BCUT2D eigenvalue weighted by Gasteiger charge is 2.26. The number of hydrogen-bond donors (Lipinski definition) is 1. The minimum Gasteiger partial charge on any atom is -0.330 e. The van der Waals surface area contributed by atoms with E-state index < -0.39 is 0 Å². The first kappa shape index (κ1) is 10.4. The summed E-state index contributed by atoms with van der Waals surface area (Å²) >= 11 is 2.16. The van der Waals surface area contributed by atoms with Crippen molar-refractivity contribution in [3.63, 3.8) is 0 Å². The molecule has 0 aromatic carbocycles. The Morgan fingerprint density at radius 1 is 1.50 bits per heavy atom. The van der Waals surface area contributed by atoms with Crippen molar-refractivity contribution >= 4 is 11.8 Å². The van der Waals surface area contributed by atoms with Gasteiger partial charge in [-0.25, -0.2) is 0 Å². The van der Waals surface area contributed by atoms with Crippen molar-refractivity contribution in [2.75, 3.05) is 12.3 Å². The lowest BCUT2D eigenvalue weighted by Crippen LogP contribution is -2.23. The molecule has 0 aliphatic carbocycles. The first-order valence-electron chi connectivity index (χ1n) is 5.07. The topological polar surface area (TPSA) is 26.0 Å². The summed E-state index contributed by atoms with van der Waals surface area (Å²) in [5.74, 6) is 3.05. The number of hydrogen-bond acceptors (Lipinski definition) is 2. The van der Waals surface area contributed by atoms with Crippen molar-refractivity contribution < 1.29 is 0 Å². The van der Waals surface area contributed by atoms with Crippen LogP contribution in [0.4, 0.5) is 0 Å². The minimum absolute atomic E-state index is 0.809. The van der Waals surface area contributed by atoms with Gasteiger partial charge in [0.05, 0.1) is 0 Å². The Kier molecular flexibility index (Phi) is 4.44. The van der Waals surface area contributed by atoms with E-state index in [1.165, 1.54) is 25.0 Å². The van der Waals surface area contributed by atoms with Gasteiger partial charge in [0.25, 0.3) is 0 Å². The van der Waals surface area contributed by atoms with Crippen LogP contribution in [0.15, 0.2) is 0 Å². The van der Waals surface area contributed by atoms with E-state index in [2.05, 4.69) is 25.6 Å². The van der Waals surface area contributed by atoms with Crippen LogP contribution in [0.25, 0.3) is 0 Å². The first-order valence-corrected chi connectivity index (χ1v) is 6.12. The first-order chi connectivity index (χ1) is 5.75. The van der Waals surface area contributed by atoms with Gasteiger partial charge in [0.2, 0.25) is 0 Å². The third-order valence-electron chi connectivity index (χ3n) is 2.80. The van der Waals surface area contributed by atoms with E-state index in [1.807, 2.05) is 0 Å². The van der Waals surface area contributed by atoms with Gasteiger partial charge in [-0.3, -0.25) is 0 Å². The van der Waals surface area contributed by atoms with Gasteiger partial charge in [0.15, 0.2) is 0 Å². The summed E-state index contributed by atoms with van der Waals surface area (Å²) in [6.45, 7) is 5.53. The molecule has 0 spiro atoms. The maximum atomic E-state index is 5.63. The van der Waals surface area contributed by atoms with Gasteiger partial charge in [-0.2, -0.15) is 11.8 Å². The molecule has 2 N–H and O–H groups in total. The van der Waals surface area contributed by atoms with Gasteiger partial charge in [-0.1, -0.05) is 13.8 Å². The van der Waals surface area contributed by atoms with Crippen LogP contribution in [0.3, 0.4) is 0 Å². The van der Waals surface area contributed by atoms with E-state index in [1.54, 1.807) is 0 Å². The van der Waals surface area contributed by atoms with Crippen LogP contribution in [0, 0.1) is 11.8 Å². The number of nitrogens with two attached hydrogens (primary N) is 1. The lowest BCUT2D eigenvalue weighted by molar-refractivity contribution is 0.348. The molecule has 2 heteroatoms. The zero-order valence-electron chi connectivity index (χ0n) is 8.25. The number of thioether (sulfide) groups is 1. The Bertz CT molecular complexity index is 119. The van der Waals surface area contributed by atoms with Crippen LogP contribution in [0.2, 0.25) is 0 Å². The summed E-state index contributed by atoms with van der Waals surface area (Å²) in [6, 6.07) is 0. The van der Waals surface area contributed by atoms with E-state index in [4.69, 9.17) is 5.73 Å². The van der Waals surface area contributed by atoms with Crippen molar-refractivity contribution in [3.05, 3.63) is 0 Å².